The molecule has 1 aromatic rings. The highest BCUT2D eigenvalue weighted by atomic mass is 16.6. The highest BCUT2D eigenvalue weighted by Gasteiger charge is 2.41. The number of aromatic hydroxyl groups is 1. The number of phenols is 1. The van der Waals surface area contributed by atoms with Crippen LogP contribution < -0.4 is 10.6 Å². The molecule has 4 N–H and O–H groups in total. The minimum absolute atomic E-state index is 0.0110. The summed E-state index contributed by atoms with van der Waals surface area (Å²) in [6, 6.07) is 2.75. The van der Waals surface area contributed by atoms with Gasteiger partial charge in [0.05, 0.1) is 17.2 Å². The highest BCUT2D eigenvalue weighted by molar-refractivity contribution is 6.01. The van der Waals surface area contributed by atoms with Crippen molar-refractivity contribution in [2.75, 3.05) is 5.32 Å². The molecule has 182 valence electrons. The SMILES string of the molecule is CCCCCC[C@H]1C(=O)O[C@H](C)C(NC(=O)c2cccc(NC=O)c2O)C(=O)O[C@@H](C)[C@@H]1O. The Morgan fingerprint density at radius 2 is 1.79 bits per heavy atom. The van der Waals surface area contributed by atoms with Crippen molar-refractivity contribution in [3.63, 3.8) is 0 Å². The first kappa shape index (κ1) is 26.1. The van der Waals surface area contributed by atoms with E-state index in [0.717, 1.165) is 19.3 Å². The summed E-state index contributed by atoms with van der Waals surface area (Å²) in [5, 5.41) is 25.6. The van der Waals surface area contributed by atoms with E-state index in [-0.39, 0.29) is 11.3 Å². The maximum Gasteiger partial charge on any atom is 0.332 e. The van der Waals surface area contributed by atoms with Gasteiger partial charge in [0.1, 0.15) is 18.3 Å². The first-order valence-corrected chi connectivity index (χ1v) is 11.1. The molecule has 1 fully saturated rings. The number of ether oxygens (including phenoxy) is 2. The Bertz CT molecular complexity index is 859. The number of benzene rings is 1. The van der Waals surface area contributed by atoms with Gasteiger partial charge in [-0.25, -0.2) is 4.79 Å². The Kier molecular flexibility index (Phi) is 9.65. The molecule has 1 aliphatic heterocycles. The number of carbonyl (C=O) groups excluding carboxylic acids is 4. The third kappa shape index (κ3) is 6.67. The number of cyclic esters (lactones) is 2. The van der Waals surface area contributed by atoms with E-state index in [2.05, 4.69) is 17.6 Å². The summed E-state index contributed by atoms with van der Waals surface area (Å²) in [6.45, 7) is 4.98. The number of rotatable bonds is 9. The van der Waals surface area contributed by atoms with E-state index in [0.29, 0.717) is 19.3 Å². The van der Waals surface area contributed by atoms with Gasteiger partial charge in [-0.1, -0.05) is 38.7 Å². The van der Waals surface area contributed by atoms with Crippen LogP contribution in [0.4, 0.5) is 5.69 Å². The molecule has 1 saturated heterocycles. The number of aliphatic hydroxyl groups excluding tert-OH is 1. The molecule has 10 nitrogen and oxygen atoms in total. The average Bonchev–Trinajstić information content (AvgIpc) is 2.79. The van der Waals surface area contributed by atoms with Gasteiger partial charge in [0.2, 0.25) is 6.41 Å². The smallest absolute Gasteiger partial charge is 0.332 e. The zero-order chi connectivity index (χ0) is 24.5. The van der Waals surface area contributed by atoms with Crippen LogP contribution in [0.3, 0.4) is 0 Å². The number of hydrogen-bond acceptors (Lipinski definition) is 8. The number of phenolic OH excluding ortho intramolecular Hbond substituents is 1. The molecule has 5 atom stereocenters. The van der Waals surface area contributed by atoms with Crippen molar-refractivity contribution in [1.29, 1.82) is 0 Å². The molecule has 0 aromatic heterocycles. The minimum Gasteiger partial charge on any atom is -0.505 e. The number of unbranched alkanes of at least 4 members (excludes halogenated alkanes) is 3. The molecule has 0 aliphatic carbocycles. The minimum atomic E-state index is -1.38. The van der Waals surface area contributed by atoms with E-state index in [1.165, 1.54) is 32.0 Å². The van der Waals surface area contributed by atoms with Crippen LogP contribution in [-0.4, -0.2) is 58.8 Å². The lowest BCUT2D eigenvalue weighted by Gasteiger charge is -2.24. The summed E-state index contributed by atoms with van der Waals surface area (Å²) >= 11 is 0. The maximum atomic E-state index is 12.8. The van der Waals surface area contributed by atoms with Crippen LogP contribution in [0.1, 0.15) is 63.2 Å². The Balaban J connectivity index is 2.21. The maximum absolute atomic E-state index is 12.8. The first-order valence-electron chi connectivity index (χ1n) is 11.1. The van der Waals surface area contributed by atoms with Crippen molar-refractivity contribution in [3.05, 3.63) is 23.8 Å². The van der Waals surface area contributed by atoms with Gasteiger partial charge in [0, 0.05) is 0 Å². The molecule has 1 unspecified atom stereocenters. The van der Waals surface area contributed by atoms with E-state index in [4.69, 9.17) is 9.47 Å². The van der Waals surface area contributed by atoms with Crippen LogP contribution in [-0.2, 0) is 23.9 Å². The Morgan fingerprint density at radius 1 is 1.09 bits per heavy atom. The summed E-state index contributed by atoms with van der Waals surface area (Å²) in [6.07, 6.45) is 1.02. The lowest BCUT2D eigenvalue weighted by atomic mass is 9.92. The zero-order valence-electron chi connectivity index (χ0n) is 19.1. The number of hydrogen-bond donors (Lipinski definition) is 4. The second-order valence-electron chi connectivity index (χ2n) is 8.15. The summed E-state index contributed by atoms with van der Waals surface area (Å²) in [4.78, 5) is 49.0. The van der Waals surface area contributed by atoms with E-state index in [9.17, 15) is 29.4 Å². The van der Waals surface area contributed by atoms with Gasteiger partial charge >= 0.3 is 11.9 Å². The largest absolute Gasteiger partial charge is 0.505 e. The quantitative estimate of drug-likeness (QED) is 0.187. The molecule has 33 heavy (non-hydrogen) atoms. The fourth-order valence-electron chi connectivity index (χ4n) is 3.70. The third-order valence-electron chi connectivity index (χ3n) is 5.67. The Labute approximate surface area is 192 Å². The summed E-state index contributed by atoms with van der Waals surface area (Å²) < 4.78 is 10.8. The van der Waals surface area contributed by atoms with Crippen LogP contribution in [0.25, 0.3) is 0 Å². The van der Waals surface area contributed by atoms with E-state index in [1.54, 1.807) is 0 Å². The molecule has 0 radical (unpaired) electrons. The normalized spacial score (nSPS) is 25.6. The second-order valence-corrected chi connectivity index (χ2v) is 8.15. The number of para-hydroxylation sites is 1. The molecule has 1 heterocycles. The van der Waals surface area contributed by atoms with Crippen molar-refractivity contribution >= 4 is 29.9 Å². The fraction of sp³-hybridized carbons (Fsp3) is 0.565. The molecule has 1 aromatic carbocycles. The molecule has 2 amide bonds. The molecule has 10 heteroatoms. The standard InChI is InChI=1S/C23H32N2O8/c1-4-5-6-7-9-16-19(27)14(3)33-23(31)18(13(2)32-22(16)30)25-21(29)15-10-8-11-17(20(15)28)24-12-26/h8,10-14,16,18-19,27-28H,4-7,9H2,1-3H3,(H,24,26)(H,25,29)/t13-,14+,16-,18?,19+/m1/s1. The van der Waals surface area contributed by atoms with Crippen LogP contribution in [0.2, 0.25) is 0 Å². The van der Waals surface area contributed by atoms with Gasteiger partial charge in [-0.05, 0) is 32.4 Å². The molecular weight excluding hydrogens is 432 g/mol. The van der Waals surface area contributed by atoms with Crippen LogP contribution in [0, 0.1) is 5.92 Å². The predicted octanol–water partition coefficient (Wildman–Crippen LogP) is 1.88. The van der Waals surface area contributed by atoms with Gasteiger partial charge in [0.15, 0.2) is 11.8 Å². The van der Waals surface area contributed by atoms with Crippen molar-refractivity contribution in [2.45, 2.75) is 77.2 Å². The fourth-order valence-corrected chi connectivity index (χ4v) is 3.70. The number of nitrogens with one attached hydrogen (secondary N) is 2. The van der Waals surface area contributed by atoms with E-state index < -0.39 is 53.9 Å². The first-order chi connectivity index (χ1) is 15.7. The van der Waals surface area contributed by atoms with E-state index in [1.807, 2.05) is 0 Å². The topological polar surface area (TPSA) is 151 Å². The zero-order valence-corrected chi connectivity index (χ0v) is 19.1. The summed E-state index contributed by atoms with van der Waals surface area (Å²) in [5.74, 6) is -3.74. The Morgan fingerprint density at radius 3 is 2.45 bits per heavy atom. The summed E-state index contributed by atoms with van der Waals surface area (Å²) in [7, 11) is 0. The molecular formula is C23H32N2O8. The molecule has 0 spiro atoms. The van der Waals surface area contributed by atoms with Gasteiger partial charge in [-0.2, -0.15) is 0 Å². The van der Waals surface area contributed by atoms with Crippen LogP contribution >= 0.6 is 0 Å². The molecule has 0 saturated carbocycles. The lowest BCUT2D eigenvalue weighted by molar-refractivity contribution is -0.160. The molecule has 2 rings (SSSR count). The lowest BCUT2D eigenvalue weighted by Crippen LogP contribution is -2.50. The van der Waals surface area contributed by atoms with Crippen molar-refractivity contribution in [1.82, 2.24) is 5.32 Å². The Hall–Kier alpha value is -3.14. The number of esters is 2. The number of amides is 2. The number of anilines is 1. The second kappa shape index (κ2) is 12.2. The average molecular weight is 465 g/mol. The van der Waals surface area contributed by atoms with Crippen molar-refractivity contribution in [2.24, 2.45) is 5.92 Å². The molecule has 1 aliphatic rings. The van der Waals surface area contributed by atoms with Crippen molar-refractivity contribution < 1.29 is 38.9 Å². The monoisotopic (exact) mass is 464 g/mol. The van der Waals surface area contributed by atoms with Crippen LogP contribution in [0.5, 0.6) is 5.75 Å². The summed E-state index contributed by atoms with van der Waals surface area (Å²) in [5.41, 5.74) is -0.188. The van der Waals surface area contributed by atoms with Gasteiger partial charge in [0.25, 0.3) is 5.91 Å². The van der Waals surface area contributed by atoms with Crippen molar-refractivity contribution in [3.8, 4) is 5.75 Å². The third-order valence-corrected chi connectivity index (χ3v) is 5.67. The highest BCUT2D eigenvalue weighted by Crippen LogP contribution is 2.28. The predicted molar refractivity (Wildman–Crippen MR) is 118 cm³/mol. The van der Waals surface area contributed by atoms with E-state index >= 15 is 0 Å². The van der Waals surface area contributed by atoms with Gasteiger partial charge in [-0.15, -0.1) is 0 Å². The number of carbonyl (C=O) groups is 4. The van der Waals surface area contributed by atoms with Gasteiger partial charge in [-0.3, -0.25) is 14.4 Å². The number of aliphatic hydroxyl groups is 1. The molecule has 0 bridgehead atoms. The van der Waals surface area contributed by atoms with Crippen LogP contribution in [0.15, 0.2) is 18.2 Å². The van der Waals surface area contributed by atoms with Gasteiger partial charge < -0.3 is 30.3 Å².